The maximum absolute atomic E-state index is 12.3. The first kappa shape index (κ1) is 21.4. The molecule has 7 nitrogen and oxygen atoms in total. The zero-order valence-electron chi connectivity index (χ0n) is 16.9. The van der Waals surface area contributed by atoms with Crippen LogP contribution in [0, 0.1) is 0 Å². The van der Waals surface area contributed by atoms with Crippen LogP contribution in [0.3, 0.4) is 0 Å². The molecule has 0 aromatic heterocycles. The average Bonchev–Trinajstić information content (AvgIpc) is 3.08. The summed E-state index contributed by atoms with van der Waals surface area (Å²) in [5, 5.41) is 3.22. The fourth-order valence-corrected chi connectivity index (χ4v) is 3.53. The molecule has 1 fully saturated rings. The Hall–Kier alpha value is -3.26. The van der Waals surface area contributed by atoms with Crippen molar-refractivity contribution in [2.75, 3.05) is 20.3 Å². The van der Waals surface area contributed by atoms with E-state index < -0.39 is 0 Å². The van der Waals surface area contributed by atoms with Gasteiger partial charge in [0.15, 0.2) is 16.7 Å². The maximum atomic E-state index is 12.3. The van der Waals surface area contributed by atoms with E-state index >= 15 is 0 Å². The van der Waals surface area contributed by atoms with E-state index in [4.69, 9.17) is 14.2 Å². The summed E-state index contributed by atoms with van der Waals surface area (Å²) in [6, 6.07) is 12.2. The minimum atomic E-state index is -0.378. The summed E-state index contributed by atoms with van der Waals surface area (Å²) in [5.41, 5.74) is 1.89. The molecule has 1 aliphatic rings. The summed E-state index contributed by atoms with van der Waals surface area (Å²) in [6.45, 7) is 4.48. The molecular formula is C22H22N2O5S. The third-order valence-electron chi connectivity index (χ3n) is 4.05. The van der Waals surface area contributed by atoms with Crippen molar-refractivity contribution in [2.45, 2.75) is 13.8 Å². The molecular weight excluding hydrogens is 404 g/mol. The predicted molar refractivity (Wildman–Crippen MR) is 117 cm³/mol. The molecule has 0 saturated carbocycles. The van der Waals surface area contributed by atoms with Crippen LogP contribution < -0.4 is 14.8 Å². The monoisotopic (exact) mass is 426 g/mol. The van der Waals surface area contributed by atoms with Gasteiger partial charge in [0.05, 0.1) is 36.5 Å². The van der Waals surface area contributed by atoms with E-state index in [0.29, 0.717) is 46.0 Å². The van der Waals surface area contributed by atoms with Crippen LogP contribution in [0.4, 0.5) is 5.69 Å². The van der Waals surface area contributed by atoms with Gasteiger partial charge in [-0.25, -0.2) is 9.79 Å². The SMILES string of the molecule is CCOC(=O)c1ccc(N=C2NC(=O)C(=Cc3ccc(OC)c(OCC)c3)S2)cc1. The number of nitrogens with one attached hydrogen (secondary N) is 1. The van der Waals surface area contributed by atoms with Crippen LogP contribution in [0.25, 0.3) is 6.08 Å². The zero-order chi connectivity index (χ0) is 21.5. The standard InChI is InChI=1S/C22H22N2O5S/c1-4-28-18-12-14(6-11-17(18)27-3)13-19-20(25)24-22(30-19)23-16-9-7-15(8-10-16)21(26)29-5-2/h6-13H,4-5H2,1-3H3,(H,23,24,25). The average molecular weight is 426 g/mol. The van der Waals surface area contributed by atoms with Crippen molar-refractivity contribution in [1.29, 1.82) is 0 Å². The summed E-state index contributed by atoms with van der Waals surface area (Å²) in [5.74, 6) is 0.649. The normalized spacial score (nSPS) is 15.9. The second-order valence-corrected chi connectivity index (χ2v) is 7.12. The number of nitrogens with zero attached hydrogens (tertiary/aromatic N) is 1. The lowest BCUT2D eigenvalue weighted by Crippen LogP contribution is -2.19. The number of hydrogen-bond acceptors (Lipinski definition) is 7. The lowest BCUT2D eigenvalue weighted by atomic mass is 10.2. The Balaban J connectivity index is 1.76. The predicted octanol–water partition coefficient (Wildman–Crippen LogP) is 4.16. The van der Waals surface area contributed by atoms with Gasteiger partial charge in [0.1, 0.15) is 0 Å². The molecule has 0 atom stereocenters. The van der Waals surface area contributed by atoms with E-state index in [-0.39, 0.29) is 11.9 Å². The number of ether oxygens (including phenoxy) is 3. The maximum Gasteiger partial charge on any atom is 0.338 e. The van der Waals surface area contributed by atoms with E-state index in [9.17, 15) is 9.59 Å². The first-order valence-electron chi connectivity index (χ1n) is 9.41. The van der Waals surface area contributed by atoms with E-state index in [1.807, 2.05) is 19.1 Å². The molecule has 1 aliphatic heterocycles. The van der Waals surface area contributed by atoms with Gasteiger partial charge in [-0.15, -0.1) is 0 Å². The van der Waals surface area contributed by atoms with Crippen LogP contribution in [-0.2, 0) is 9.53 Å². The van der Waals surface area contributed by atoms with Crippen LogP contribution in [0.5, 0.6) is 11.5 Å². The van der Waals surface area contributed by atoms with Gasteiger partial charge in [0, 0.05) is 0 Å². The second-order valence-electron chi connectivity index (χ2n) is 6.09. The van der Waals surface area contributed by atoms with Crippen molar-refractivity contribution in [3.8, 4) is 11.5 Å². The Kier molecular flexibility index (Phi) is 7.13. The number of hydrogen-bond donors (Lipinski definition) is 1. The van der Waals surface area contributed by atoms with Crippen molar-refractivity contribution in [1.82, 2.24) is 5.32 Å². The number of carbonyl (C=O) groups is 2. The number of rotatable bonds is 7. The third kappa shape index (κ3) is 5.21. The highest BCUT2D eigenvalue weighted by atomic mass is 32.2. The fraction of sp³-hybridized carbons (Fsp3) is 0.227. The van der Waals surface area contributed by atoms with Gasteiger partial charge >= 0.3 is 5.97 Å². The van der Waals surface area contributed by atoms with Gasteiger partial charge in [-0.1, -0.05) is 6.07 Å². The molecule has 3 rings (SSSR count). The number of thioether (sulfide) groups is 1. The van der Waals surface area contributed by atoms with Gasteiger partial charge in [-0.2, -0.15) is 0 Å². The number of aliphatic imine (C=N–C) groups is 1. The largest absolute Gasteiger partial charge is 0.493 e. The summed E-state index contributed by atoms with van der Waals surface area (Å²) in [6.07, 6.45) is 1.77. The topological polar surface area (TPSA) is 86.2 Å². The third-order valence-corrected chi connectivity index (χ3v) is 4.96. The van der Waals surface area contributed by atoms with Crippen LogP contribution >= 0.6 is 11.8 Å². The first-order chi connectivity index (χ1) is 14.5. The minimum Gasteiger partial charge on any atom is -0.493 e. The van der Waals surface area contributed by atoms with Crippen molar-refractivity contribution in [3.63, 3.8) is 0 Å². The summed E-state index contributed by atoms with van der Waals surface area (Å²) < 4.78 is 15.8. The van der Waals surface area contributed by atoms with Gasteiger partial charge in [0.25, 0.3) is 5.91 Å². The highest BCUT2D eigenvalue weighted by molar-refractivity contribution is 8.18. The number of esters is 1. The number of amidine groups is 1. The van der Waals surface area contributed by atoms with E-state index in [1.54, 1.807) is 50.4 Å². The number of carbonyl (C=O) groups excluding carboxylic acids is 2. The highest BCUT2D eigenvalue weighted by Crippen LogP contribution is 2.32. The van der Waals surface area contributed by atoms with Crippen LogP contribution in [-0.4, -0.2) is 37.4 Å². The molecule has 30 heavy (non-hydrogen) atoms. The molecule has 1 saturated heterocycles. The lowest BCUT2D eigenvalue weighted by molar-refractivity contribution is -0.115. The van der Waals surface area contributed by atoms with E-state index in [1.165, 1.54) is 11.8 Å². The Bertz CT molecular complexity index is 999. The number of amides is 1. The molecule has 1 amide bonds. The summed E-state index contributed by atoms with van der Waals surface area (Å²) >= 11 is 1.24. The summed E-state index contributed by atoms with van der Waals surface area (Å²) in [7, 11) is 1.58. The highest BCUT2D eigenvalue weighted by Gasteiger charge is 2.24. The number of benzene rings is 2. The molecule has 0 spiro atoms. The zero-order valence-corrected chi connectivity index (χ0v) is 17.7. The van der Waals surface area contributed by atoms with Gasteiger partial charge in [-0.05, 0) is 73.6 Å². The van der Waals surface area contributed by atoms with Crippen molar-refractivity contribution in [2.24, 2.45) is 4.99 Å². The molecule has 1 N–H and O–H groups in total. The molecule has 2 aromatic carbocycles. The molecule has 0 unspecified atom stereocenters. The van der Waals surface area contributed by atoms with Crippen LogP contribution in [0.15, 0.2) is 52.4 Å². The molecule has 1 heterocycles. The molecule has 0 radical (unpaired) electrons. The molecule has 8 heteroatoms. The number of methoxy groups -OCH3 is 1. The summed E-state index contributed by atoms with van der Waals surface area (Å²) in [4.78, 5) is 29.0. The van der Waals surface area contributed by atoms with Gasteiger partial charge < -0.3 is 19.5 Å². The van der Waals surface area contributed by atoms with Crippen LogP contribution in [0.2, 0.25) is 0 Å². The Morgan fingerprint density at radius 2 is 1.87 bits per heavy atom. The Morgan fingerprint density at radius 1 is 1.10 bits per heavy atom. The molecule has 0 bridgehead atoms. The van der Waals surface area contributed by atoms with Crippen LogP contribution in [0.1, 0.15) is 29.8 Å². The fourth-order valence-electron chi connectivity index (χ4n) is 2.69. The lowest BCUT2D eigenvalue weighted by Gasteiger charge is -2.09. The molecule has 2 aromatic rings. The van der Waals surface area contributed by atoms with Crippen molar-refractivity contribution < 1.29 is 23.8 Å². The van der Waals surface area contributed by atoms with E-state index in [2.05, 4.69) is 10.3 Å². The Labute approximate surface area is 179 Å². The smallest absolute Gasteiger partial charge is 0.338 e. The quantitative estimate of drug-likeness (QED) is 0.528. The first-order valence-corrected chi connectivity index (χ1v) is 10.2. The molecule has 156 valence electrons. The second kappa shape index (κ2) is 9.98. The van der Waals surface area contributed by atoms with Gasteiger partial charge in [0.2, 0.25) is 0 Å². The van der Waals surface area contributed by atoms with Gasteiger partial charge in [-0.3, -0.25) is 4.79 Å². The van der Waals surface area contributed by atoms with Crippen molar-refractivity contribution in [3.05, 3.63) is 58.5 Å². The Morgan fingerprint density at radius 3 is 2.53 bits per heavy atom. The van der Waals surface area contributed by atoms with E-state index in [0.717, 1.165) is 5.56 Å². The molecule has 0 aliphatic carbocycles. The van der Waals surface area contributed by atoms with Crippen molar-refractivity contribution >= 4 is 40.6 Å². The minimum absolute atomic E-state index is 0.226.